The lowest BCUT2D eigenvalue weighted by Gasteiger charge is -2.25. The van der Waals surface area contributed by atoms with Gasteiger partial charge in [-0.25, -0.2) is 9.67 Å². The van der Waals surface area contributed by atoms with Crippen LogP contribution in [0.5, 0.6) is 0 Å². The number of guanidine groups is 1. The molecule has 2 N–H and O–H groups in total. The van der Waals surface area contributed by atoms with Gasteiger partial charge in [-0.15, -0.1) is 24.0 Å². The number of fused-ring (bicyclic) bond motifs is 1. The molecular weight excluding hydrogens is 463 g/mol. The highest BCUT2D eigenvalue weighted by Gasteiger charge is 2.37. The van der Waals surface area contributed by atoms with Gasteiger partial charge in [-0.2, -0.15) is 5.10 Å². The lowest BCUT2D eigenvalue weighted by molar-refractivity contribution is 0.391. The Morgan fingerprint density at radius 3 is 2.75 bits per heavy atom. The quantitative estimate of drug-likeness (QED) is 0.381. The fourth-order valence-electron chi connectivity index (χ4n) is 3.80. The first-order valence-electron chi connectivity index (χ1n) is 10.1. The van der Waals surface area contributed by atoms with E-state index >= 15 is 0 Å². The van der Waals surface area contributed by atoms with Crippen LogP contribution in [0.3, 0.4) is 0 Å². The third-order valence-corrected chi connectivity index (χ3v) is 5.54. The van der Waals surface area contributed by atoms with Crippen LogP contribution >= 0.6 is 24.0 Å². The summed E-state index contributed by atoms with van der Waals surface area (Å²) in [6.07, 6.45) is 4.38. The first-order chi connectivity index (χ1) is 13.1. The van der Waals surface area contributed by atoms with E-state index in [0.29, 0.717) is 23.9 Å². The monoisotopic (exact) mass is 494 g/mol. The number of rotatable bonds is 5. The van der Waals surface area contributed by atoms with Gasteiger partial charge >= 0.3 is 0 Å². The second kappa shape index (κ2) is 9.24. The van der Waals surface area contributed by atoms with E-state index in [1.165, 1.54) is 12.0 Å². The van der Waals surface area contributed by atoms with Crippen LogP contribution in [-0.2, 0) is 19.4 Å². The summed E-state index contributed by atoms with van der Waals surface area (Å²) >= 11 is 0. The summed E-state index contributed by atoms with van der Waals surface area (Å²) in [6.45, 7) is 5.14. The molecule has 0 radical (unpaired) electrons. The molecule has 3 atom stereocenters. The van der Waals surface area contributed by atoms with E-state index in [2.05, 4.69) is 74.6 Å². The molecule has 1 fully saturated rings. The lowest BCUT2D eigenvalue weighted by atomic mass is 10.1. The topological polar surface area (TPSA) is 67.1 Å². The number of aryl methyl sites for hydroxylation is 1. The molecule has 0 bridgehead atoms. The molecule has 6 nitrogen and oxygen atoms in total. The number of nitrogens with one attached hydrogen (secondary N) is 2. The normalized spacial score (nSPS) is 23.7. The number of aliphatic imine (C=N–C) groups is 1. The van der Waals surface area contributed by atoms with Crippen LogP contribution in [0, 0.1) is 5.92 Å². The molecule has 152 valence electrons. The third-order valence-electron chi connectivity index (χ3n) is 5.54. The minimum atomic E-state index is 0. The molecule has 1 aliphatic heterocycles. The summed E-state index contributed by atoms with van der Waals surface area (Å²) in [6, 6.07) is 11.6. The molecule has 7 heteroatoms. The second-order valence-corrected chi connectivity index (χ2v) is 8.11. The zero-order valence-electron chi connectivity index (χ0n) is 16.9. The van der Waals surface area contributed by atoms with E-state index in [1.54, 1.807) is 0 Å². The molecule has 2 heterocycles. The third kappa shape index (κ3) is 5.04. The van der Waals surface area contributed by atoms with Crippen molar-refractivity contribution >= 4 is 29.9 Å². The van der Waals surface area contributed by atoms with Crippen LogP contribution in [0.2, 0.25) is 0 Å². The van der Waals surface area contributed by atoms with E-state index in [4.69, 9.17) is 0 Å². The van der Waals surface area contributed by atoms with Crippen molar-refractivity contribution in [2.24, 2.45) is 10.9 Å². The highest BCUT2D eigenvalue weighted by atomic mass is 127. The van der Waals surface area contributed by atoms with Gasteiger partial charge in [0, 0.05) is 31.5 Å². The molecule has 2 aliphatic rings. The van der Waals surface area contributed by atoms with E-state index in [1.807, 2.05) is 7.05 Å². The van der Waals surface area contributed by atoms with Crippen molar-refractivity contribution < 1.29 is 0 Å². The maximum absolute atomic E-state index is 4.67. The summed E-state index contributed by atoms with van der Waals surface area (Å²) in [5.41, 5.74) is 1.42. The van der Waals surface area contributed by atoms with E-state index in [-0.39, 0.29) is 24.0 Å². The zero-order valence-corrected chi connectivity index (χ0v) is 19.3. The van der Waals surface area contributed by atoms with Crippen LogP contribution in [0.1, 0.15) is 49.8 Å². The number of aromatic nitrogens is 3. The minimum Gasteiger partial charge on any atom is -0.353 e. The Balaban J connectivity index is 0.00000225. The molecule has 3 unspecified atom stereocenters. The highest BCUT2D eigenvalue weighted by Crippen LogP contribution is 2.33. The molecule has 0 amide bonds. The molecule has 0 saturated heterocycles. The first kappa shape index (κ1) is 21.1. The van der Waals surface area contributed by atoms with Crippen molar-refractivity contribution in [2.45, 2.75) is 64.1 Å². The molecular formula is C21H31IN6. The van der Waals surface area contributed by atoms with Gasteiger partial charge in [0.2, 0.25) is 0 Å². The average molecular weight is 494 g/mol. The van der Waals surface area contributed by atoms with Gasteiger partial charge in [-0.05, 0) is 30.7 Å². The van der Waals surface area contributed by atoms with Gasteiger partial charge in [0.05, 0.1) is 6.54 Å². The fourth-order valence-corrected chi connectivity index (χ4v) is 3.80. The van der Waals surface area contributed by atoms with Crippen molar-refractivity contribution in [1.29, 1.82) is 0 Å². The molecule has 4 rings (SSSR count). The number of halogens is 1. The van der Waals surface area contributed by atoms with Crippen LogP contribution in [-0.4, -0.2) is 39.9 Å². The number of nitrogens with zero attached hydrogens (tertiary/aromatic N) is 4. The maximum Gasteiger partial charge on any atom is 0.191 e. The summed E-state index contributed by atoms with van der Waals surface area (Å²) in [4.78, 5) is 9.11. The fraction of sp³-hybridized carbons (Fsp3) is 0.571. The Morgan fingerprint density at radius 2 is 2.04 bits per heavy atom. The van der Waals surface area contributed by atoms with E-state index in [0.717, 1.165) is 43.4 Å². The standard InChI is InChI=1S/C21H30N6.HI/c1-14(2)20-25-19-10-9-17(13-27(19)26-20)23-21(22-3)24-18-12-16(18)11-15-7-5-4-6-8-15;/h4-8,14,16-18H,9-13H2,1-3H3,(H2,22,23,24);1H. The Bertz CT molecular complexity index is 800. The molecule has 1 aromatic heterocycles. The van der Waals surface area contributed by atoms with Gasteiger partial charge in [-0.3, -0.25) is 4.99 Å². The number of hydrogen-bond acceptors (Lipinski definition) is 3. The molecule has 1 saturated carbocycles. The van der Waals surface area contributed by atoms with E-state index < -0.39 is 0 Å². The summed E-state index contributed by atoms with van der Waals surface area (Å²) in [5, 5.41) is 11.9. The zero-order chi connectivity index (χ0) is 18.8. The predicted octanol–water partition coefficient (Wildman–Crippen LogP) is 3.13. The van der Waals surface area contributed by atoms with Crippen molar-refractivity contribution in [3.63, 3.8) is 0 Å². The van der Waals surface area contributed by atoms with Crippen molar-refractivity contribution in [3.05, 3.63) is 47.5 Å². The Hall–Kier alpha value is -1.64. The molecule has 0 spiro atoms. The van der Waals surface area contributed by atoms with Gasteiger partial charge in [0.25, 0.3) is 0 Å². The van der Waals surface area contributed by atoms with Crippen LogP contribution in [0.4, 0.5) is 0 Å². The molecule has 2 aromatic rings. The summed E-state index contributed by atoms with van der Waals surface area (Å²) < 4.78 is 2.07. The van der Waals surface area contributed by atoms with Gasteiger partial charge in [0.15, 0.2) is 11.8 Å². The smallest absolute Gasteiger partial charge is 0.191 e. The molecule has 28 heavy (non-hydrogen) atoms. The Morgan fingerprint density at radius 1 is 1.25 bits per heavy atom. The highest BCUT2D eigenvalue weighted by molar-refractivity contribution is 14.0. The SMILES string of the molecule is CN=C(NC1CCc2nc(C(C)C)nn2C1)NC1CC1Cc1ccccc1.I. The first-order valence-corrected chi connectivity index (χ1v) is 10.1. The second-order valence-electron chi connectivity index (χ2n) is 8.11. The predicted molar refractivity (Wildman–Crippen MR) is 123 cm³/mol. The van der Waals surface area contributed by atoms with Crippen molar-refractivity contribution in [2.75, 3.05) is 7.05 Å². The van der Waals surface area contributed by atoms with Gasteiger partial charge < -0.3 is 10.6 Å². The number of hydrogen-bond donors (Lipinski definition) is 2. The molecule has 1 aliphatic carbocycles. The Labute approximate surface area is 184 Å². The van der Waals surface area contributed by atoms with Crippen molar-refractivity contribution in [3.8, 4) is 0 Å². The van der Waals surface area contributed by atoms with Crippen LogP contribution in [0.15, 0.2) is 35.3 Å². The lowest BCUT2D eigenvalue weighted by Crippen LogP contribution is -2.48. The maximum atomic E-state index is 4.67. The van der Waals surface area contributed by atoms with Crippen molar-refractivity contribution in [1.82, 2.24) is 25.4 Å². The minimum absolute atomic E-state index is 0. The van der Waals surface area contributed by atoms with Gasteiger partial charge in [0.1, 0.15) is 5.82 Å². The van der Waals surface area contributed by atoms with E-state index in [9.17, 15) is 0 Å². The Kier molecular flexibility index (Phi) is 6.95. The van der Waals surface area contributed by atoms with Crippen LogP contribution < -0.4 is 10.6 Å². The van der Waals surface area contributed by atoms with Crippen LogP contribution in [0.25, 0.3) is 0 Å². The average Bonchev–Trinajstić information content (AvgIpc) is 3.24. The van der Waals surface area contributed by atoms with Gasteiger partial charge in [-0.1, -0.05) is 44.2 Å². The number of benzene rings is 1. The summed E-state index contributed by atoms with van der Waals surface area (Å²) in [5.74, 6) is 4.06. The largest absolute Gasteiger partial charge is 0.353 e. The summed E-state index contributed by atoms with van der Waals surface area (Å²) in [7, 11) is 1.85. The molecule has 1 aromatic carbocycles.